The van der Waals surface area contributed by atoms with E-state index < -0.39 is 0 Å². The Morgan fingerprint density at radius 3 is 2.82 bits per heavy atom. The van der Waals surface area contributed by atoms with E-state index in [2.05, 4.69) is 5.32 Å². The van der Waals surface area contributed by atoms with Crippen LogP contribution in [0.3, 0.4) is 0 Å². The van der Waals surface area contributed by atoms with Crippen LogP contribution in [-0.2, 0) is 0 Å². The number of methoxy groups -OCH3 is 1. The Kier molecular flexibility index (Phi) is 3.44. The fraction of sp³-hybridized carbons (Fsp3) is 0.154. The fourth-order valence-electron chi connectivity index (χ4n) is 1.44. The molecule has 0 saturated heterocycles. The van der Waals surface area contributed by atoms with Gasteiger partial charge in [0.25, 0.3) is 5.91 Å². The van der Waals surface area contributed by atoms with Crippen molar-refractivity contribution >= 4 is 22.9 Å². The lowest BCUT2D eigenvalue weighted by atomic mass is 10.3. The molecule has 2 aromatic rings. The SMILES string of the molecule is COc1cccc(NC(=O)c2cc(C)cs2)c1. The Labute approximate surface area is 104 Å². The smallest absolute Gasteiger partial charge is 0.265 e. The van der Waals surface area contributed by atoms with E-state index in [0.717, 1.165) is 17.0 Å². The molecular weight excluding hydrogens is 234 g/mol. The number of benzene rings is 1. The van der Waals surface area contributed by atoms with Crippen molar-refractivity contribution in [2.45, 2.75) is 6.92 Å². The highest BCUT2D eigenvalue weighted by atomic mass is 32.1. The molecule has 1 amide bonds. The van der Waals surface area contributed by atoms with E-state index in [1.165, 1.54) is 11.3 Å². The van der Waals surface area contributed by atoms with Gasteiger partial charge in [-0.15, -0.1) is 11.3 Å². The summed E-state index contributed by atoms with van der Waals surface area (Å²) in [5, 5.41) is 4.80. The number of ether oxygens (including phenoxy) is 1. The molecule has 0 bridgehead atoms. The molecule has 0 atom stereocenters. The Balaban J connectivity index is 2.12. The zero-order valence-electron chi connectivity index (χ0n) is 9.69. The van der Waals surface area contributed by atoms with Gasteiger partial charge in [0.05, 0.1) is 12.0 Å². The maximum Gasteiger partial charge on any atom is 0.265 e. The van der Waals surface area contributed by atoms with Crippen LogP contribution >= 0.6 is 11.3 Å². The van der Waals surface area contributed by atoms with E-state index in [0.29, 0.717) is 4.88 Å². The lowest BCUT2D eigenvalue weighted by Crippen LogP contribution is -2.09. The average Bonchev–Trinajstić information content (AvgIpc) is 2.76. The topological polar surface area (TPSA) is 38.3 Å². The van der Waals surface area contributed by atoms with Crippen LogP contribution in [0.4, 0.5) is 5.69 Å². The molecule has 0 aliphatic rings. The highest BCUT2D eigenvalue weighted by molar-refractivity contribution is 7.12. The Morgan fingerprint density at radius 1 is 1.35 bits per heavy atom. The van der Waals surface area contributed by atoms with Gasteiger partial charge in [0.1, 0.15) is 5.75 Å². The second-order valence-corrected chi connectivity index (χ2v) is 4.59. The second kappa shape index (κ2) is 5.01. The lowest BCUT2D eigenvalue weighted by molar-refractivity contribution is 0.103. The third-order valence-electron chi connectivity index (χ3n) is 2.28. The average molecular weight is 247 g/mol. The number of hydrogen-bond acceptors (Lipinski definition) is 3. The largest absolute Gasteiger partial charge is 0.497 e. The molecule has 0 aliphatic carbocycles. The van der Waals surface area contributed by atoms with Crippen molar-refractivity contribution in [1.29, 1.82) is 0 Å². The van der Waals surface area contributed by atoms with Crippen molar-refractivity contribution in [1.82, 2.24) is 0 Å². The highest BCUT2D eigenvalue weighted by Gasteiger charge is 2.08. The van der Waals surface area contributed by atoms with Crippen LogP contribution < -0.4 is 10.1 Å². The molecular formula is C13H13NO2S. The number of carbonyl (C=O) groups excluding carboxylic acids is 1. The van der Waals surface area contributed by atoms with Gasteiger partial charge in [0, 0.05) is 11.8 Å². The van der Waals surface area contributed by atoms with E-state index in [1.54, 1.807) is 13.2 Å². The summed E-state index contributed by atoms with van der Waals surface area (Å²) >= 11 is 1.44. The number of hydrogen-bond donors (Lipinski definition) is 1. The van der Waals surface area contributed by atoms with E-state index >= 15 is 0 Å². The van der Waals surface area contributed by atoms with Crippen LogP contribution in [0.5, 0.6) is 5.75 Å². The first-order valence-corrected chi connectivity index (χ1v) is 6.07. The molecule has 2 rings (SSSR count). The summed E-state index contributed by atoms with van der Waals surface area (Å²) in [5.41, 5.74) is 1.84. The van der Waals surface area contributed by atoms with Crippen LogP contribution in [0.2, 0.25) is 0 Å². The number of amides is 1. The van der Waals surface area contributed by atoms with Gasteiger partial charge < -0.3 is 10.1 Å². The van der Waals surface area contributed by atoms with Crippen molar-refractivity contribution in [2.24, 2.45) is 0 Å². The normalized spacial score (nSPS) is 10.0. The zero-order chi connectivity index (χ0) is 12.3. The number of thiophene rings is 1. The molecule has 1 aromatic heterocycles. The molecule has 1 aromatic carbocycles. The summed E-state index contributed by atoms with van der Waals surface area (Å²) in [5.74, 6) is 0.640. The molecule has 1 N–H and O–H groups in total. The van der Waals surface area contributed by atoms with Crippen LogP contribution in [0, 0.1) is 6.92 Å². The quantitative estimate of drug-likeness (QED) is 0.903. The summed E-state index contributed by atoms with van der Waals surface area (Å²) in [7, 11) is 1.60. The van der Waals surface area contributed by atoms with Gasteiger partial charge in [0.2, 0.25) is 0 Å². The van der Waals surface area contributed by atoms with Gasteiger partial charge in [-0.2, -0.15) is 0 Å². The maximum absolute atomic E-state index is 11.9. The van der Waals surface area contributed by atoms with Crippen molar-refractivity contribution < 1.29 is 9.53 Å². The van der Waals surface area contributed by atoms with Crippen LogP contribution in [0.25, 0.3) is 0 Å². The maximum atomic E-state index is 11.9. The summed E-state index contributed by atoms with van der Waals surface area (Å²) in [6, 6.07) is 9.18. The minimum atomic E-state index is -0.0867. The Hall–Kier alpha value is -1.81. The van der Waals surface area contributed by atoms with Gasteiger partial charge >= 0.3 is 0 Å². The summed E-state index contributed by atoms with van der Waals surface area (Å²) in [6.07, 6.45) is 0. The molecule has 0 spiro atoms. The molecule has 3 nitrogen and oxygen atoms in total. The van der Waals surface area contributed by atoms with Crippen LogP contribution in [0.1, 0.15) is 15.2 Å². The summed E-state index contributed by atoms with van der Waals surface area (Å²) in [4.78, 5) is 12.6. The highest BCUT2D eigenvalue weighted by Crippen LogP contribution is 2.19. The number of carbonyl (C=O) groups is 1. The van der Waals surface area contributed by atoms with Gasteiger partial charge in [-0.3, -0.25) is 4.79 Å². The molecule has 0 unspecified atom stereocenters. The van der Waals surface area contributed by atoms with E-state index in [9.17, 15) is 4.79 Å². The Morgan fingerprint density at radius 2 is 2.18 bits per heavy atom. The van der Waals surface area contributed by atoms with E-state index in [4.69, 9.17) is 4.74 Å². The number of nitrogens with one attached hydrogen (secondary N) is 1. The molecule has 1 heterocycles. The second-order valence-electron chi connectivity index (χ2n) is 3.67. The summed E-state index contributed by atoms with van der Waals surface area (Å²) < 4.78 is 5.10. The van der Waals surface area contributed by atoms with Gasteiger partial charge in [-0.25, -0.2) is 0 Å². The Bertz CT molecular complexity index is 534. The first-order valence-electron chi connectivity index (χ1n) is 5.19. The third kappa shape index (κ3) is 2.85. The molecule has 4 heteroatoms. The van der Waals surface area contributed by atoms with Crippen molar-refractivity contribution in [3.63, 3.8) is 0 Å². The van der Waals surface area contributed by atoms with Crippen molar-refractivity contribution in [3.05, 3.63) is 46.2 Å². The molecule has 17 heavy (non-hydrogen) atoms. The lowest BCUT2D eigenvalue weighted by Gasteiger charge is -2.05. The fourth-order valence-corrected chi connectivity index (χ4v) is 2.24. The molecule has 0 fully saturated rings. The van der Waals surface area contributed by atoms with Crippen LogP contribution in [0.15, 0.2) is 35.7 Å². The third-order valence-corrected chi connectivity index (χ3v) is 3.33. The molecule has 0 aliphatic heterocycles. The molecule has 0 radical (unpaired) electrons. The number of aryl methyl sites for hydroxylation is 1. The van der Waals surface area contributed by atoms with Crippen LogP contribution in [-0.4, -0.2) is 13.0 Å². The molecule has 0 saturated carbocycles. The minimum Gasteiger partial charge on any atom is -0.497 e. The van der Waals surface area contributed by atoms with Gasteiger partial charge in [0.15, 0.2) is 0 Å². The molecule has 88 valence electrons. The standard InChI is InChI=1S/C13H13NO2S/c1-9-6-12(17-8-9)13(15)14-10-4-3-5-11(7-10)16-2/h3-8H,1-2H3,(H,14,15). The van der Waals surface area contributed by atoms with Crippen molar-refractivity contribution in [3.8, 4) is 5.75 Å². The van der Waals surface area contributed by atoms with E-state index in [-0.39, 0.29) is 5.91 Å². The first-order chi connectivity index (χ1) is 8.19. The number of anilines is 1. The first kappa shape index (κ1) is 11.7. The predicted molar refractivity (Wildman–Crippen MR) is 70.0 cm³/mol. The van der Waals surface area contributed by atoms with Gasteiger partial charge in [-0.1, -0.05) is 6.07 Å². The van der Waals surface area contributed by atoms with Crippen molar-refractivity contribution in [2.75, 3.05) is 12.4 Å². The van der Waals surface area contributed by atoms with E-state index in [1.807, 2.05) is 36.6 Å². The zero-order valence-corrected chi connectivity index (χ0v) is 10.5. The summed E-state index contributed by atoms with van der Waals surface area (Å²) in [6.45, 7) is 1.97. The monoisotopic (exact) mass is 247 g/mol. The predicted octanol–water partition coefficient (Wildman–Crippen LogP) is 3.32. The van der Waals surface area contributed by atoms with Gasteiger partial charge in [-0.05, 0) is 36.1 Å². The number of rotatable bonds is 3. The minimum absolute atomic E-state index is 0.0867.